The van der Waals surface area contributed by atoms with Gasteiger partial charge in [-0.05, 0) is 12.1 Å². The number of alkyl halides is 2. The number of amides is 1. The molecule has 4 nitrogen and oxygen atoms in total. The van der Waals surface area contributed by atoms with Crippen molar-refractivity contribution in [3.63, 3.8) is 0 Å². The first-order chi connectivity index (χ1) is 8.99. The summed E-state index contributed by atoms with van der Waals surface area (Å²) < 4.78 is 26.1. The van der Waals surface area contributed by atoms with Crippen LogP contribution in [-0.2, 0) is 7.05 Å². The Kier molecular flexibility index (Phi) is 3.80. The molecule has 1 heterocycles. The van der Waals surface area contributed by atoms with Gasteiger partial charge in [-0.1, -0.05) is 23.7 Å². The molecular weight excluding hydrogens is 276 g/mol. The van der Waals surface area contributed by atoms with Crippen molar-refractivity contribution in [3.05, 3.63) is 46.6 Å². The number of hydrogen-bond acceptors (Lipinski definition) is 2. The van der Waals surface area contributed by atoms with Gasteiger partial charge < -0.3 is 5.32 Å². The number of carbonyl (C=O) groups is 1. The van der Waals surface area contributed by atoms with Gasteiger partial charge in [0.05, 0.1) is 10.6 Å². The van der Waals surface area contributed by atoms with E-state index < -0.39 is 18.0 Å². The van der Waals surface area contributed by atoms with Gasteiger partial charge in [0.2, 0.25) is 0 Å². The van der Waals surface area contributed by atoms with Crippen LogP contribution in [0.3, 0.4) is 0 Å². The number of nitrogens with one attached hydrogen (secondary N) is 1. The second kappa shape index (κ2) is 5.36. The fraction of sp³-hybridized carbons (Fsp3) is 0.167. The number of carbonyl (C=O) groups excluding carboxylic acids is 1. The van der Waals surface area contributed by atoms with Gasteiger partial charge in [0, 0.05) is 13.1 Å². The van der Waals surface area contributed by atoms with Gasteiger partial charge in [-0.3, -0.25) is 9.48 Å². The topological polar surface area (TPSA) is 46.9 Å². The molecule has 1 amide bonds. The molecule has 7 heteroatoms. The molecule has 2 rings (SSSR count). The van der Waals surface area contributed by atoms with Crippen LogP contribution in [0, 0.1) is 0 Å². The molecule has 0 saturated carbocycles. The first-order valence-corrected chi connectivity index (χ1v) is 5.75. The van der Waals surface area contributed by atoms with Crippen molar-refractivity contribution in [1.29, 1.82) is 0 Å². The Morgan fingerprint density at radius 3 is 2.68 bits per heavy atom. The number of halogens is 3. The average molecular weight is 286 g/mol. The summed E-state index contributed by atoms with van der Waals surface area (Å²) in [5, 5.41) is 6.37. The summed E-state index contributed by atoms with van der Waals surface area (Å²) in [6, 6.07) is 7.60. The second-order valence-corrected chi connectivity index (χ2v) is 4.22. The molecule has 0 bridgehead atoms. The molecule has 0 radical (unpaired) electrons. The standard InChI is InChI=1S/C12H10ClF2N3O/c1-18-10(6-9(17-18)11(14)15)16-12(19)7-4-2-3-5-8(7)13/h2-6,11H,1H3,(H,16,19). The van der Waals surface area contributed by atoms with Crippen LogP contribution in [0.5, 0.6) is 0 Å². The molecule has 2 aromatic rings. The Morgan fingerprint density at radius 2 is 2.11 bits per heavy atom. The Labute approximate surface area is 113 Å². The fourth-order valence-electron chi connectivity index (χ4n) is 1.54. The van der Waals surface area contributed by atoms with Crippen LogP contribution in [0.25, 0.3) is 0 Å². The molecule has 1 N–H and O–H groups in total. The van der Waals surface area contributed by atoms with Crippen molar-refractivity contribution in [2.45, 2.75) is 6.43 Å². The van der Waals surface area contributed by atoms with E-state index in [4.69, 9.17) is 11.6 Å². The second-order valence-electron chi connectivity index (χ2n) is 3.81. The van der Waals surface area contributed by atoms with Gasteiger partial charge in [0.15, 0.2) is 0 Å². The van der Waals surface area contributed by atoms with Gasteiger partial charge in [-0.2, -0.15) is 5.10 Å². The van der Waals surface area contributed by atoms with Gasteiger partial charge in [0.25, 0.3) is 12.3 Å². The SMILES string of the molecule is Cn1nc(C(F)F)cc1NC(=O)c1ccccc1Cl. The number of anilines is 1. The van der Waals surface area contributed by atoms with Crippen LogP contribution < -0.4 is 5.32 Å². The number of aromatic nitrogens is 2. The van der Waals surface area contributed by atoms with Gasteiger partial charge >= 0.3 is 0 Å². The van der Waals surface area contributed by atoms with Crippen LogP contribution in [0.4, 0.5) is 14.6 Å². The lowest BCUT2D eigenvalue weighted by Crippen LogP contribution is -2.14. The molecule has 0 aliphatic rings. The largest absolute Gasteiger partial charge is 0.307 e. The Bertz CT molecular complexity index is 613. The Morgan fingerprint density at radius 1 is 1.42 bits per heavy atom. The summed E-state index contributed by atoms with van der Waals surface area (Å²) in [6.45, 7) is 0. The van der Waals surface area contributed by atoms with E-state index in [-0.39, 0.29) is 16.4 Å². The van der Waals surface area contributed by atoms with E-state index in [1.54, 1.807) is 24.3 Å². The minimum Gasteiger partial charge on any atom is -0.307 e. The smallest absolute Gasteiger partial charge is 0.282 e. The van der Waals surface area contributed by atoms with Crippen LogP contribution in [0.1, 0.15) is 22.5 Å². The minimum atomic E-state index is -2.68. The van der Waals surface area contributed by atoms with Crippen molar-refractivity contribution in [2.75, 3.05) is 5.32 Å². The summed E-state index contributed by atoms with van der Waals surface area (Å²) in [7, 11) is 1.47. The highest BCUT2D eigenvalue weighted by molar-refractivity contribution is 6.34. The molecule has 0 spiro atoms. The summed E-state index contributed by atoms with van der Waals surface area (Å²) in [5.74, 6) is -0.297. The maximum Gasteiger partial charge on any atom is 0.282 e. The average Bonchev–Trinajstić information content (AvgIpc) is 2.71. The lowest BCUT2D eigenvalue weighted by molar-refractivity contribution is 0.102. The summed E-state index contributed by atoms with van der Waals surface area (Å²) in [6.07, 6.45) is -2.68. The Balaban J connectivity index is 2.22. The summed E-state index contributed by atoms with van der Waals surface area (Å²) >= 11 is 5.88. The number of nitrogens with zero attached hydrogens (tertiary/aromatic N) is 2. The highest BCUT2D eigenvalue weighted by atomic mass is 35.5. The molecule has 0 aliphatic heterocycles. The van der Waals surface area contributed by atoms with Crippen LogP contribution >= 0.6 is 11.6 Å². The third-order valence-electron chi connectivity index (χ3n) is 2.48. The van der Waals surface area contributed by atoms with Gasteiger partial charge in [-0.15, -0.1) is 0 Å². The molecular formula is C12H10ClF2N3O. The first kappa shape index (κ1) is 13.5. The third kappa shape index (κ3) is 2.90. The summed E-state index contributed by atoms with van der Waals surface area (Å²) in [5.41, 5.74) is -0.124. The van der Waals surface area contributed by atoms with E-state index in [0.29, 0.717) is 0 Å². The molecule has 0 fully saturated rings. The van der Waals surface area contributed by atoms with E-state index >= 15 is 0 Å². The molecule has 0 atom stereocenters. The first-order valence-electron chi connectivity index (χ1n) is 5.37. The molecule has 0 aliphatic carbocycles. The van der Waals surface area contributed by atoms with Gasteiger partial charge in [0.1, 0.15) is 11.5 Å². The van der Waals surface area contributed by atoms with Crippen molar-refractivity contribution >= 4 is 23.3 Å². The van der Waals surface area contributed by atoms with E-state index in [9.17, 15) is 13.6 Å². The lowest BCUT2D eigenvalue weighted by atomic mass is 10.2. The Hall–Kier alpha value is -1.95. The normalized spacial score (nSPS) is 10.8. The monoisotopic (exact) mass is 285 g/mol. The maximum absolute atomic E-state index is 12.5. The van der Waals surface area contributed by atoms with Crippen LogP contribution in [0.15, 0.2) is 30.3 Å². The maximum atomic E-state index is 12.5. The van der Waals surface area contributed by atoms with Crippen molar-refractivity contribution in [1.82, 2.24) is 9.78 Å². The van der Waals surface area contributed by atoms with Crippen molar-refractivity contribution < 1.29 is 13.6 Å². The molecule has 1 aromatic heterocycles. The zero-order valence-corrected chi connectivity index (χ0v) is 10.7. The molecule has 100 valence electrons. The van der Waals surface area contributed by atoms with E-state index in [0.717, 1.165) is 6.07 Å². The quantitative estimate of drug-likeness (QED) is 0.941. The van der Waals surface area contributed by atoms with E-state index in [1.165, 1.54) is 11.7 Å². The highest BCUT2D eigenvalue weighted by Crippen LogP contribution is 2.22. The zero-order chi connectivity index (χ0) is 14.0. The van der Waals surface area contributed by atoms with Crippen molar-refractivity contribution in [3.8, 4) is 0 Å². The van der Waals surface area contributed by atoms with E-state index in [2.05, 4.69) is 10.4 Å². The van der Waals surface area contributed by atoms with E-state index in [1.807, 2.05) is 0 Å². The molecule has 0 saturated heterocycles. The van der Waals surface area contributed by atoms with Crippen LogP contribution in [-0.4, -0.2) is 15.7 Å². The third-order valence-corrected chi connectivity index (χ3v) is 2.81. The predicted molar refractivity (Wildman–Crippen MR) is 67.6 cm³/mol. The number of hydrogen-bond donors (Lipinski definition) is 1. The molecule has 0 unspecified atom stereocenters. The zero-order valence-electron chi connectivity index (χ0n) is 9.90. The van der Waals surface area contributed by atoms with Gasteiger partial charge in [-0.25, -0.2) is 8.78 Å². The lowest BCUT2D eigenvalue weighted by Gasteiger charge is -2.06. The van der Waals surface area contributed by atoms with Crippen LogP contribution in [0.2, 0.25) is 5.02 Å². The van der Waals surface area contributed by atoms with Crippen molar-refractivity contribution in [2.24, 2.45) is 7.05 Å². The fourth-order valence-corrected chi connectivity index (χ4v) is 1.76. The number of aryl methyl sites for hydroxylation is 1. The predicted octanol–water partition coefficient (Wildman–Crippen LogP) is 3.26. The number of benzene rings is 1. The molecule has 1 aromatic carbocycles. The number of rotatable bonds is 3. The minimum absolute atomic E-state index is 0.181. The summed E-state index contributed by atoms with van der Waals surface area (Å²) in [4.78, 5) is 11.9. The molecule has 19 heavy (non-hydrogen) atoms. The highest BCUT2D eigenvalue weighted by Gasteiger charge is 2.16.